The highest BCUT2D eigenvalue weighted by atomic mass is 32.1. The van der Waals surface area contributed by atoms with Gasteiger partial charge in [0.1, 0.15) is 16.1 Å². The van der Waals surface area contributed by atoms with E-state index in [0.717, 1.165) is 10.1 Å². The van der Waals surface area contributed by atoms with E-state index in [0.29, 0.717) is 15.9 Å². The maximum Gasteiger partial charge on any atom is 0.341 e. The number of carboxylic acids is 1. The van der Waals surface area contributed by atoms with Gasteiger partial charge in [0.2, 0.25) is 5.43 Å². The number of carbonyl (C=O) groups is 1. The number of benzene rings is 2. The highest BCUT2D eigenvalue weighted by Crippen LogP contribution is 2.33. The molecule has 2 heterocycles. The smallest absolute Gasteiger partial charge is 0.341 e. The number of fused-ring (bicyclic) bond motifs is 3. The summed E-state index contributed by atoms with van der Waals surface area (Å²) in [5.74, 6) is -1.67. The molecule has 0 bridgehead atoms. The van der Waals surface area contributed by atoms with Crippen LogP contribution >= 0.6 is 11.3 Å². The quantitative estimate of drug-likeness (QED) is 0.599. The predicted octanol–water partition coefficient (Wildman–Crippen LogP) is 4.04. The van der Waals surface area contributed by atoms with E-state index in [2.05, 4.69) is 0 Å². The minimum Gasteiger partial charge on any atom is -0.477 e. The number of halogens is 1. The van der Waals surface area contributed by atoms with Gasteiger partial charge < -0.3 is 9.67 Å². The zero-order valence-electron chi connectivity index (χ0n) is 12.2. The molecule has 6 heteroatoms. The zero-order chi connectivity index (χ0) is 16.8. The fourth-order valence-corrected chi connectivity index (χ4v) is 3.91. The molecule has 0 fully saturated rings. The molecule has 1 N–H and O–H groups in total. The van der Waals surface area contributed by atoms with E-state index in [4.69, 9.17) is 0 Å². The van der Waals surface area contributed by atoms with E-state index >= 15 is 0 Å². The first kappa shape index (κ1) is 14.6. The third kappa shape index (κ3) is 2.11. The molecular weight excluding hydrogens is 329 g/mol. The maximum atomic E-state index is 13.2. The second-order valence-corrected chi connectivity index (χ2v) is 6.35. The fraction of sp³-hybridized carbons (Fsp3) is 0. The van der Waals surface area contributed by atoms with Gasteiger partial charge in [-0.2, -0.15) is 0 Å². The van der Waals surface area contributed by atoms with Gasteiger partial charge in [0, 0.05) is 22.0 Å². The molecule has 4 aromatic rings. The zero-order valence-corrected chi connectivity index (χ0v) is 13.0. The average Bonchev–Trinajstić information content (AvgIpc) is 2.96. The van der Waals surface area contributed by atoms with Crippen molar-refractivity contribution in [3.63, 3.8) is 0 Å². The van der Waals surface area contributed by atoms with Crippen LogP contribution in [-0.4, -0.2) is 15.6 Å². The largest absolute Gasteiger partial charge is 0.477 e. The molecule has 0 unspecified atom stereocenters. The van der Waals surface area contributed by atoms with Crippen molar-refractivity contribution in [3.8, 4) is 5.69 Å². The van der Waals surface area contributed by atoms with Gasteiger partial charge in [-0.25, -0.2) is 9.18 Å². The Balaban J connectivity index is 2.21. The third-order valence-electron chi connectivity index (χ3n) is 3.85. The average molecular weight is 339 g/mol. The predicted molar refractivity (Wildman–Crippen MR) is 91.8 cm³/mol. The maximum absolute atomic E-state index is 13.2. The second kappa shape index (κ2) is 5.28. The fourth-order valence-electron chi connectivity index (χ4n) is 2.76. The first-order valence-corrected chi connectivity index (χ1v) is 7.94. The van der Waals surface area contributed by atoms with Crippen molar-refractivity contribution in [1.82, 2.24) is 4.57 Å². The third-order valence-corrected chi connectivity index (χ3v) is 5.01. The van der Waals surface area contributed by atoms with Crippen LogP contribution < -0.4 is 5.43 Å². The van der Waals surface area contributed by atoms with Crippen LogP contribution in [0.5, 0.6) is 0 Å². The molecule has 0 aliphatic heterocycles. The van der Waals surface area contributed by atoms with E-state index in [1.807, 2.05) is 24.3 Å². The number of hydrogen-bond acceptors (Lipinski definition) is 3. The van der Waals surface area contributed by atoms with Crippen molar-refractivity contribution in [2.45, 2.75) is 0 Å². The van der Waals surface area contributed by atoms with Crippen molar-refractivity contribution in [1.29, 1.82) is 0 Å². The number of rotatable bonds is 2. The molecule has 118 valence electrons. The van der Waals surface area contributed by atoms with Gasteiger partial charge in [0.05, 0.1) is 5.52 Å². The molecule has 0 spiro atoms. The molecule has 0 saturated carbocycles. The van der Waals surface area contributed by atoms with Crippen LogP contribution in [0.3, 0.4) is 0 Å². The number of thiophene rings is 1. The molecule has 4 rings (SSSR count). The molecule has 0 atom stereocenters. The molecule has 24 heavy (non-hydrogen) atoms. The lowest BCUT2D eigenvalue weighted by atomic mass is 10.1. The Morgan fingerprint density at radius 3 is 2.50 bits per heavy atom. The number of aromatic carboxylic acids is 1. The molecule has 0 saturated heterocycles. The van der Waals surface area contributed by atoms with E-state index in [9.17, 15) is 19.1 Å². The Morgan fingerprint density at radius 2 is 1.79 bits per heavy atom. The lowest BCUT2D eigenvalue weighted by molar-refractivity contribution is 0.0695. The van der Waals surface area contributed by atoms with Crippen LogP contribution in [0.25, 0.3) is 26.0 Å². The molecular formula is C18H10FNO3S. The number of aromatic nitrogens is 1. The lowest BCUT2D eigenvalue weighted by Gasteiger charge is -2.10. The standard InChI is InChI=1S/C18H10FNO3S/c19-10-5-7-11(8-6-10)20-9-13(18(22)23)16(21)17-15(20)12-3-1-2-4-14(12)24-17/h1-9H,(H,22,23). The summed E-state index contributed by atoms with van der Waals surface area (Å²) in [5, 5.41) is 10.2. The Labute approximate surface area is 139 Å². The molecule has 0 amide bonds. The van der Waals surface area contributed by atoms with Gasteiger partial charge in [0.15, 0.2) is 0 Å². The highest BCUT2D eigenvalue weighted by molar-refractivity contribution is 7.25. The van der Waals surface area contributed by atoms with Crippen LogP contribution in [0, 0.1) is 5.82 Å². The SMILES string of the molecule is O=C(O)c1cn(-c2ccc(F)cc2)c2c(sc3ccccc32)c1=O. The van der Waals surface area contributed by atoms with Gasteiger partial charge in [0.25, 0.3) is 0 Å². The number of hydrogen-bond donors (Lipinski definition) is 1. The molecule has 0 aliphatic carbocycles. The summed E-state index contributed by atoms with van der Waals surface area (Å²) in [6, 6.07) is 13.2. The molecule has 0 aliphatic rings. The van der Waals surface area contributed by atoms with Crippen LogP contribution in [0.2, 0.25) is 0 Å². The summed E-state index contributed by atoms with van der Waals surface area (Å²) in [6.07, 6.45) is 1.30. The minimum atomic E-state index is -1.28. The van der Waals surface area contributed by atoms with Crippen LogP contribution in [0.1, 0.15) is 10.4 Å². The van der Waals surface area contributed by atoms with Gasteiger partial charge in [-0.15, -0.1) is 11.3 Å². The minimum absolute atomic E-state index is 0.307. The topological polar surface area (TPSA) is 59.3 Å². The van der Waals surface area contributed by atoms with Crippen molar-refractivity contribution in [2.75, 3.05) is 0 Å². The van der Waals surface area contributed by atoms with E-state index in [-0.39, 0.29) is 11.4 Å². The Morgan fingerprint density at radius 1 is 1.08 bits per heavy atom. The number of pyridine rings is 1. The van der Waals surface area contributed by atoms with Gasteiger partial charge in [-0.3, -0.25) is 4.79 Å². The van der Waals surface area contributed by atoms with Crippen molar-refractivity contribution in [3.05, 3.63) is 76.3 Å². The van der Waals surface area contributed by atoms with E-state index < -0.39 is 11.4 Å². The first-order valence-electron chi connectivity index (χ1n) is 7.12. The van der Waals surface area contributed by atoms with Crippen molar-refractivity contribution in [2.24, 2.45) is 0 Å². The normalized spacial score (nSPS) is 11.2. The van der Waals surface area contributed by atoms with Crippen LogP contribution in [0.4, 0.5) is 4.39 Å². The lowest BCUT2D eigenvalue weighted by Crippen LogP contribution is -2.17. The van der Waals surface area contributed by atoms with Crippen molar-refractivity contribution >= 4 is 37.6 Å². The number of nitrogens with zero attached hydrogens (tertiary/aromatic N) is 1. The van der Waals surface area contributed by atoms with Crippen LogP contribution in [0.15, 0.2) is 59.5 Å². The molecule has 0 radical (unpaired) electrons. The van der Waals surface area contributed by atoms with Crippen LogP contribution in [-0.2, 0) is 0 Å². The second-order valence-electron chi connectivity index (χ2n) is 5.30. The Hall–Kier alpha value is -2.99. The summed E-state index contributed by atoms with van der Waals surface area (Å²) in [5.41, 5.74) is 0.417. The van der Waals surface area contributed by atoms with E-state index in [1.54, 1.807) is 16.7 Å². The molecule has 2 aromatic heterocycles. The highest BCUT2D eigenvalue weighted by Gasteiger charge is 2.19. The molecule has 4 nitrogen and oxygen atoms in total. The van der Waals surface area contributed by atoms with Crippen molar-refractivity contribution < 1.29 is 14.3 Å². The Bertz CT molecular complexity index is 1160. The van der Waals surface area contributed by atoms with Gasteiger partial charge >= 0.3 is 5.97 Å². The monoisotopic (exact) mass is 339 g/mol. The van der Waals surface area contributed by atoms with E-state index in [1.165, 1.54) is 29.7 Å². The summed E-state index contributed by atoms with van der Waals surface area (Å²) in [7, 11) is 0. The summed E-state index contributed by atoms with van der Waals surface area (Å²) >= 11 is 1.26. The van der Waals surface area contributed by atoms with Gasteiger partial charge in [-0.05, 0) is 30.3 Å². The summed E-state index contributed by atoms with van der Waals surface area (Å²) in [4.78, 5) is 24.0. The Kier molecular flexibility index (Phi) is 3.21. The first-order chi connectivity index (χ1) is 11.6. The van der Waals surface area contributed by atoms with Gasteiger partial charge in [-0.1, -0.05) is 18.2 Å². The summed E-state index contributed by atoms with van der Waals surface area (Å²) < 4.78 is 16.1. The number of carboxylic acid groups (broad SMARTS) is 1. The summed E-state index contributed by atoms with van der Waals surface area (Å²) in [6.45, 7) is 0. The molecule has 2 aromatic carbocycles.